The van der Waals surface area contributed by atoms with Gasteiger partial charge in [0.05, 0.1) is 13.0 Å². The molecule has 0 spiro atoms. The van der Waals surface area contributed by atoms with Crippen LogP contribution >= 0.6 is 0 Å². The molecule has 2 nitrogen and oxygen atoms in total. The zero-order chi connectivity index (χ0) is 12.3. The summed E-state index contributed by atoms with van der Waals surface area (Å²) >= 11 is 0. The first kappa shape index (κ1) is 12.8. The Kier molecular flexibility index (Phi) is 3.80. The maximum absolute atomic E-state index is 12.7. The molecule has 0 saturated carbocycles. The minimum Gasteiger partial charge on any atom is -0.496 e. The van der Waals surface area contributed by atoms with E-state index in [1.54, 1.807) is 19.1 Å². The Morgan fingerprint density at radius 2 is 2.00 bits per heavy atom. The van der Waals surface area contributed by atoms with Crippen LogP contribution in [0.15, 0.2) is 18.2 Å². The fourth-order valence-electron chi connectivity index (χ4n) is 1.67. The highest BCUT2D eigenvalue weighted by Crippen LogP contribution is 2.39. The van der Waals surface area contributed by atoms with Crippen molar-refractivity contribution in [1.29, 1.82) is 0 Å². The molecule has 0 bridgehead atoms. The molecule has 1 aromatic carbocycles. The third kappa shape index (κ3) is 2.47. The van der Waals surface area contributed by atoms with Gasteiger partial charge in [0, 0.05) is 12.1 Å². The topological polar surface area (TPSA) is 35.2 Å². The lowest BCUT2D eigenvalue weighted by molar-refractivity contribution is -0.148. The summed E-state index contributed by atoms with van der Waals surface area (Å²) in [5.74, 6) is -1.42. The van der Waals surface area contributed by atoms with Gasteiger partial charge in [0.25, 0.3) is 0 Å². The van der Waals surface area contributed by atoms with Gasteiger partial charge in [-0.25, -0.2) is 0 Å². The van der Waals surface area contributed by atoms with Crippen molar-refractivity contribution < 1.29 is 17.9 Å². The maximum atomic E-state index is 12.7. The van der Waals surface area contributed by atoms with E-state index in [0.29, 0.717) is 5.56 Å². The number of para-hydroxylation sites is 1. The van der Waals surface area contributed by atoms with Crippen molar-refractivity contribution in [3.05, 3.63) is 29.3 Å². The summed E-state index contributed by atoms with van der Waals surface area (Å²) in [7, 11) is 1.36. The van der Waals surface area contributed by atoms with Crippen LogP contribution in [-0.4, -0.2) is 19.8 Å². The summed E-state index contributed by atoms with van der Waals surface area (Å²) in [5, 5.41) is 0. The lowest BCUT2D eigenvalue weighted by Gasteiger charge is -2.21. The minimum absolute atomic E-state index is 0.0949. The van der Waals surface area contributed by atoms with Crippen LogP contribution in [0.3, 0.4) is 0 Å². The van der Waals surface area contributed by atoms with Gasteiger partial charge < -0.3 is 10.5 Å². The van der Waals surface area contributed by atoms with Crippen molar-refractivity contribution in [3.63, 3.8) is 0 Å². The van der Waals surface area contributed by atoms with Gasteiger partial charge in [-0.15, -0.1) is 0 Å². The molecule has 1 rings (SSSR count). The third-order valence-corrected chi connectivity index (χ3v) is 2.45. The summed E-state index contributed by atoms with van der Waals surface area (Å²) in [4.78, 5) is 0. The van der Waals surface area contributed by atoms with Crippen LogP contribution in [0, 0.1) is 6.92 Å². The van der Waals surface area contributed by atoms with Crippen molar-refractivity contribution in [3.8, 4) is 5.75 Å². The highest BCUT2D eigenvalue weighted by molar-refractivity contribution is 5.43. The third-order valence-electron chi connectivity index (χ3n) is 2.45. The van der Waals surface area contributed by atoms with E-state index < -0.39 is 18.6 Å². The van der Waals surface area contributed by atoms with E-state index in [1.165, 1.54) is 13.2 Å². The zero-order valence-electron chi connectivity index (χ0n) is 9.14. The van der Waals surface area contributed by atoms with Crippen LogP contribution in [0.25, 0.3) is 0 Å². The molecular formula is C11H14F3NO. The number of methoxy groups -OCH3 is 1. The SMILES string of the molecule is COc1c(C)cccc1C(CN)C(F)(F)F. The monoisotopic (exact) mass is 233 g/mol. The first-order valence-electron chi connectivity index (χ1n) is 4.82. The lowest BCUT2D eigenvalue weighted by Crippen LogP contribution is -2.28. The number of alkyl halides is 3. The summed E-state index contributed by atoms with van der Waals surface area (Å²) < 4.78 is 43.2. The molecule has 1 aromatic rings. The Morgan fingerprint density at radius 1 is 1.38 bits per heavy atom. The van der Waals surface area contributed by atoms with E-state index in [1.807, 2.05) is 0 Å². The number of hydrogen-bond acceptors (Lipinski definition) is 2. The first-order valence-corrected chi connectivity index (χ1v) is 4.82. The van der Waals surface area contributed by atoms with Gasteiger partial charge in [0.2, 0.25) is 0 Å². The number of hydrogen-bond donors (Lipinski definition) is 1. The quantitative estimate of drug-likeness (QED) is 0.870. The first-order chi connectivity index (χ1) is 7.41. The highest BCUT2D eigenvalue weighted by atomic mass is 19.4. The lowest BCUT2D eigenvalue weighted by atomic mass is 9.95. The predicted octanol–water partition coefficient (Wildman–Crippen LogP) is 2.61. The Labute approximate surface area is 92.2 Å². The number of ether oxygens (including phenoxy) is 1. The molecule has 1 unspecified atom stereocenters. The molecule has 0 fully saturated rings. The number of halogens is 3. The van der Waals surface area contributed by atoms with Crippen LogP contribution in [0.5, 0.6) is 5.75 Å². The highest BCUT2D eigenvalue weighted by Gasteiger charge is 2.41. The standard InChI is InChI=1S/C11H14F3NO/c1-7-4-3-5-8(10(7)16-2)9(6-15)11(12,13)14/h3-5,9H,6,15H2,1-2H3. The number of rotatable bonds is 3. The molecular weight excluding hydrogens is 219 g/mol. The molecule has 0 radical (unpaired) electrons. The summed E-state index contributed by atoms with van der Waals surface area (Å²) in [6.45, 7) is 1.22. The molecule has 0 aromatic heterocycles. The Bertz CT molecular complexity index is 363. The smallest absolute Gasteiger partial charge is 0.397 e. The molecule has 5 heteroatoms. The van der Waals surface area contributed by atoms with Crippen molar-refractivity contribution >= 4 is 0 Å². The second kappa shape index (κ2) is 4.74. The number of nitrogens with two attached hydrogens (primary N) is 1. The number of aryl methyl sites for hydroxylation is 1. The van der Waals surface area contributed by atoms with Gasteiger partial charge in [-0.05, 0) is 12.5 Å². The molecule has 0 aliphatic rings. The van der Waals surface area contributed by atoms with Crippen molar-refractivity contribution in [1.82, 2.24) is 0 Å². The maximum Gasteiger partial charge on any atom is 0.397 e. The van der Waals surface area contributed by atoms with E-state index in [4.69, 9.17) is 10.5 Å². The molecule has 1 atom stereocenters. The largest absolute Gasteiger partial charge is 0.496 e. The fourth-order valence-corrected chi connectivity index (χ4v) is 1.67. The average molecular weight is 233 g/mol. The van der Waals surface area contributed by atoms with Crippen molar-refractivity contribution in [2.45, 2.75) is 19.0 Å². The van der Waals surface area contributed by atoms with Crippen LogP contribution in [0.4, 0.5) is 13.2 Å². The van der Waals surface area contributed by atoms with E-state index in [-0.39, 0.29) is 11.3 Å². The second-order valence-electron chi connectivity index (χ2n) is 3.53. The van der Waals surface area contributed by atoms with E-state index in [0.717, 1.165) is 0 Å². The molecule has 0 aliphatic heterocycles. The van der Waals surface area contributed by atoms with Gasteiger partial charge >= 0.3 is 6.18 Å². The fraction of sp³-hybridized carbons (Fsp3) is 0.455. The molecule has 0 saturated heterocycles. The minimum atomic E-state index is -4.35. The number of benzene rings is 1. The zero-order valence-corrected chi connectivity index (χ0v) is 9.14. The van der Waals surface area contributed by atoms with E-state index in [2.05, 4.69) is 0 Å². The van der Waals surface area contributed by atoms with Gasteiger partial charge in [-0.2, -0.15) is 13.2 Å². The van der Waals surface area contributed by atoms with Gasteiger partial charge in [0.1, 0.15) is 5.75 Å². The Hall–Kier alpha value is -1.23. The summed E-state index contributed by atoms with van der Waals surface area (Å²) in [5.41, 5.74) is 5.95. The Morgan fingerprint density at radius 3 is 2.44 bits per heavy atom. The van der Waals surface area contributed by atoms with Gasteiger partial charge in [-0.3, -0.25) is 0 Å². The molecule has 0 heterocycles. The van der Waals surface area contributed by atoms with Crippen LogP contribution in [0.2, 0.25) is 0 Å². The molecule has 2 N–H and O–H groups in total. The summed E-state index contributed by atoms with van der Waals surface area (Å²) in [6.07, 6.45) is -4.35. The van der Waals surface area contributed by atoms with Gasteiger partial charge in [-0.1, -0.05) is 18.2 Å². The molecule has 16 heavy (non-hydrogen) atoms. The van der Waals surface area contributed by atoms with Crippen LogP contribution < -0.4 is 10.5 Å². The van der Waals surface area contributed by atoms with Crippen molar-refractivity contribution in [2.75, 3.05) is 13.7 Å². The normalized spacial score (nSPS) is 13.6. The van der Waals surface area contributed by atoms with Gasteiger partial charge in [0.15, 0.2) is 0 Å². The van der Waals surface area contributed by atoms with Crippen LogP contribution in [0.1, 0.15) is 17.0 Å². The van der Waals surface area contributed by atoms with Crippen molar-refractivity contribution in [2.24, 2.45) is 5.73 Å². The molecule has 0 amide bonds. The molecule has 90 valence electrons. The second-order valence-corrected chi connectivity index (χ2v) is 3.53. The van der Waals surface area contributed by atoms with E-state index in [9.17, 15) is 13.2 Å². The van der Waals surface area contributed by atoms with Crippen LogP contribution in [-0.2, 0) is 0 Å². The van der Waals surface area contributed by atoms with E-state index >= 15 is 0 Å². The predicted molar refractivity (Wildman–Crippen MR) is 55.6 cm³/mol. The Balaban J connectivity index is 3.25. The average Bonchev–Trinajstić information content (AvgIpc) is 2.17. The molecule has 0 aliphatic carbocycles. The summed E-state index contributed by atoms with van der Waals surface area (Å²) in [6, 6.07) is 4.67.